The molecule has 4 rings (SSSR count). The van der Waals surface area contributed by atoms with Gasteiger partial charge in [0.25, 0.3) is 0 Å². The van der Waals surface area contributed by atoms with Gasteiger partial charge in [-0.15, -0.1) is 0 Å². The molecule has 0 amide bonds. The van der Waals surface area contributed by atoms with E-state index < -0.39 is 0 Å². The second-order valence-electron chi connectivity index (χ2n) is 14.5. The van der Waals surface area contributed by atoms with E-state index in [1.54, 1.807) is 24.4 Å². The number of nitrogen functional groups attached to an aromatic ring is 1. The summed E-state index contributed by atoms with van der Waals surface area (Å²) in [5.74, 6) is 1.32. The molecule has 0 spiro atoms. The van der Waals surface area contributed by atoms with Crippen molar-refractivity contribution in [2.75, 3.05) is 12.8 Å². The quantitative estimate of drug-likeness (QED) is 0.0453. The van der Waals surface area contributed by atoms with E-state index in [0.717, 1.165) is 73.1 Å². The Morgan fingerprint density at radius 1 is 0.769 bits per heavy atom. The van der Waals surface area contributed by atoms with Crippen molar-refractivity contribution in [2.45, 2.75) is 110 Å². The summed E-state index contributed by atoms with van der Waals surface area (Å²) in [5.41, 5.74) is 13.7. The molecular weight excluding hydrogens is 645 g/mol. The lowest BCUT2D eigenvalue weighted by Gasteiger charge is -2.14. The van der Waals surface area contributed by atoms with Crippen LogP contribution < -0.4 is 10.5 Å². The number of carbonyl (C=O) groups is 2. The van der Waals surface area contributed by atoms with Gasteiger partial charge < -0.3 is 15.6 Å². The number of aryl methyl sites for hydroxylation is 4. The molecule has 1 heterocycles. The van der Waals surface area contributed by atoms with E-state index in [0.29, 0.717) is 24.4 Å². The average molecular weight is 703 g/mol. The van der Waals surface area contributed by atoms with Crippen molar-refractivity contribution < 1.29 is 19.4 Å². The van der Waals surface area contributed by atoms with Crippen LogP contribution in [0.1, 0.15) is 117 Å². The zero-order chi connectivity index (χ0) is 37.1. The third-order valence-electron chi connectivity index (χ3n) is 9.70. The summed E-state index contributed by atoms with van der Waals surface area (Å²) in [7, 11) is 1.50. The molecule has 6 nitrogen and oxygen atoms in total. The lowest BCUT2D eigenvalue weighted by Crippen LogP contribution is -2.05. The Kier molecular flexibility index (Phi) is 16.6. The molecule has 0 unspecified atom stereocenters. The van der Waals surface area contributed by atoms with E-state index in [2.05, 4.69) is 67.4 Å². The van der Waals surface area contributed by atoms with Gasteiger partial charge in [0.05, 0.1) is 13.5 Å². The van der Waals surface area contributed by atoms with Crippen LogP contribution in [0.5, 0.6) is 11.5 Å². The number of pyridine rings is 1. The molecule has 0 aliphatic heterocycles. The highest BCUT2D eigenvalue weighted by Gasteiger charge is 2.14. The number of rotatable bonds is 23. The Morgan fingerprint density at radius 2 is 1.42 bits per heavy atom. The largest absolute Gasteiger partial charge is 0.504 e. The molecule has 0 radical (unpaired) electrons. The first-order valence-corrected chi connectivity index (χ1v) is 19.2. The smallest absolute Gasteiger partial charge is 0.163 e. The molecule has 0 atom stereocenters. The molecule has 3 aromatic carbocycles. The number of aromatic nitrogens is 1. The molecule has 4 aromatic rings. The number of hydrogen-bond donors (Lipinski definition) is 2. The van der Waals surface area contributed by atoms with Gasteiger partial charge in [-0.05, 0) is 108 Å². The third kappa shape index (κ3) is 14.1. The molecule has 0 aliphatic carbocycles. The van der Waals surface area contributed by atoms with Gasteiger partial charge in [0.2, 0.25) is 0 Å². The van der Waals surface area contributed by atoms with Gasteiger partial charge in [0.15, 0.2) is 17.3 Å². The Morgan fingerprint density at radius 3 is 2.13 bits per heavy atom. The highest BCUT2D eigenvalue weighted by atomic mass is 16.5. The maximum atomic E-state index is 12.8. The zero-order valence-corrected chi connectivity index (χ0v) is 31.5. The monoisotopic (exact) mass is 702 g/mol. The van der Waals surface area contributed by atoms with Crippen LogP contribution in [0.25, 0.3) is 6.08 Å². The highest BCUT2D eigenvalue weighted by molar-refractivity contribution is 6.06. The van der Waals surface area contributed by atoms with Crippen molar-refractivity contribution in [1.82, 2.24) is 4.98 Å². The van der Waals surface area contributed by atoms with Crippen LogP contribution in [0.15, 0.2) is 85.1 Å². The van der Waals surface area contributed by atoms with Crippen molar-refractivity contribution >= 4 is 23.5 Å². The van der Waals surface area contributed by atoms with Crippen LogP contribution in [0.4, 0.5) is 5.82 Å². The SMILES string of the molecule is COc1cc(C=CC(=O)CC(=O)CCCCCCCCCC(C)C)c(Cc2cnc(N)cc2CCc2cccc(CCc3ccccc3)c2)cc1O. The molecule has 52 heavy (non-hydrogen) atoms. The Labute approximate surface area is 311 Å². The fourth-order valence-electron chi connectivity index (χ4n) is 6.68. The first-order chi connectivity index (χ1) is 25.2. The van der Waals surface area contributed by atoms with E-state index in [9.17, 15) is 14.7 Å². The number of aromatic hydroxyl groups is 1. The van der Waals surface area contributed by atoms with E-state index in [4.69, 9.17) is 10.5 Å². The second kappa shape index (κ2) is 21.6. The number of nitrogens with zero attached hydrogens (tertiary/aromatic N) is 1. The van der Waals surface area contributed by atoms with Gasteiger partial charge in [-0.3, -0.25) is 9.59 Å². The molecule has 6 heteroatoms. The van der Waals surface area contributed by atoms with Crippen LogP contribution in [-0.4, -0.2) is 28.8 Å². The Bertz CT molecular complexity index is 1740. The van der Waals surface area contributed by atoms with Gasteiger partial charge in [-0.2, -0.15) is 0 Å². The van der Waals surface area contributed by atoms with Crippen molar-refractivity contribution in [3.63, 3.8) is 0 Å². The van der Waals surface area contributed by atoms with Crippen molar-refractivity contribution in [2.24, 2.45) is 5.92 Å². The van der Waals surface area contributed by atoms with Crippen LogP contribution in [0.3, 0.4) is 0 Å². The predicted molar refractivity (Wildman–Crippen MR) is 214 cm³/mol. The molecule has 0 saturated heterocycles. The van der Waals surface area contributed by atoms with Gasteiger partial charge >= 0.3 is 0 Å². The van der Waals surface area contributed by atoms with Crippen LogP contribution in [0.2, 0.25) is 0 Å². The van der Waals surface area contributed by atoms with E-state index >= 15 is 0 Å². The lowest BCUT2D eigenvalue weighted by molar-refractivity contribution is -0.124. The number of Topliss-reactive ketones (excluding diaryl/α,β-unsaturated/α-hetero) is 1. The fraction of sp³-hybridized carbons (Fsp3) is 0.413. The number of anilines is 1. The number of phenols is 1. The number of ketones is 2. The number of hydrogen-bond acceptors (Lipinski definition) is 6. The number of benzene rings is 3. The van der Waals surface area contributed by atoms with Gasteiger partial charge in [0, 0.05) is 12.6 Å². The number of allylic oxidation sites excluding steroid dienone is 1. The van der Waals surface area contributed by atoms with Crippen molar-refractivity contribution in [3.05, 3.63) is 124 Å². The maximum Gasteiger partial charge on any atom is 0.163 e. The van der Waals surface area contributed by atoms with E-state index in [-0.39, 0.29) is 23.7 Å². The molecule has 276 valence electrons. The van der Waals surface area contributed by atoms with Gasteiger partial charge in [0.1, 0.15) is 11.6 Å². The summed E-state index contributed by atoms with van der Waals surface area (Å²) in [4.78, 5) is 29.8. The first kappa shape index (κ1) is 40.1. The van der Waals surface area contributed by atoms with Gasteiger partial charge in [-0.1, -0.05) is 119 Å². The van der Waals surface area contributed by atoms with Crippen LogP contribution in [-0.2, 0) is 41.7 Å². The molecule has 3 N–H and O–H groups in total. The molecule has 0 bridgehead atoms. The number of phenolic OH excluding ortho intramolecular Hbond substituents is 1. The zero-order valence-electron chi connectivity index (χ0n) is 31.5. The number of ether oxygens (including phenoxy) is 1. The topological polar surface area (TPSA) is 103 Å². The highest BCUT2D eigenvalue weighted by Crippen LogP contribution is 2.32. The number of nitrogens with two attached hydrogens (primary N) is 1. The van der Waals surface area contributed by atoms with Crippen LogP contribution >= 0.6 is 0 Å². The van der Waals surface area contributed by atoms with Gasteiger partial charge in [-0.25, -0.2) is 4.98 Å². The lowest BCUT2D eigenvalue weighted by atomic mass is 9.93. The first-order valence-electron chi connectivity index (χ1n) is 19.2. The Balaban J connectivity index is 1.35. The molecule has 0 aliphatic rings. The molecule has 0 saturated carbocycles. The standard InChI is InChI=1S/C46H58N2O4/c1-34(2)15-10-7-5-4-6-8-13-20-42(49)32-43(50)26-25-38-30-45(52-3)44(51)29-40(38)28-41-33-48-46(47)31-39(41)24-23-37-19-14-18-36(27-37)22-21-35-16-11-9-12-17-35/h9,11-12,14,16-19,25-27,29-31,33-34,51H,4-8,10,13,15,20-24,28,32H2,1-3H3,(H2,47,48). The molecule has 0 fully saturated rings. The average Bonchev–Trinajstić information content (AvgIpc) is 3.13. The van der Waals surface area contributed by atoms with Crippen LogP contribution in [0, 0.1) is 5.92 Å². The summed E-state index contributed by atoms with van der Waals surface area (Å²) >= 11 is 0. The Hall–Kier alpha value is -4.71. The minimum atomic E-state index is -0.228. The third-order valence-corrected chi connectivity index (χ3v) is 9.70. The summed E-state index contributed by atoms with van der Waals surface area (Å²) in [5, 5.41) is 10.7. The molecule has 1 aromatic heterocycles. The summed E-state index contributed by atoms with van der Waals surface area (Å²) in [6.07, 6.45) is 18.8. The van der Waals surface area contributed by atoms with E-state index in [1.165, 1.54) is 62.0 Å². The predicted octanol–water partition coefficient (Wildman–Crippen LogP) is 10.2. The summed E-state index contributed by atoms with van der Waals surface area (Å²) in [6, 6.07) is 24.6. The minimum absolute atomic E-state index is 0.0176. The summed E-state index contributed by atoms with van der Waals surface area (Å²) in [6.45, 7) is 4.54. The van der Waals surface area contributed by atoms with Crippen molar-refractivity contribution in [3.8, 4) is 11.5 Å². The molecular formula is C46H58N2O4. The second-order valence-corrected chi connectivity index (χ2v) is 14.5. The van der Waals surface area contributed by atoms with E-state index in [1.807, 2.05) is 12.1 Å². The normalized spacial score (nSPS) is 11.4. The fourth-order valence-corrected chi connectivity index (χ4v) is 6.68. The number of unbranched alkanes of at least 4 members (excludes halogenated alkanes) is 6. The van der Waals surface area contributed by atoms with Crippen molar-refractivity contribution in [1.29, 1.82) is 0 Å². The summed E-state index contributed by atoms with van der Waals surface area (Å²) < 4.78 is 5.39. The maximum absolute atomic E-state index is 12.8. The minimum Gasteiger partial charge on any atom is -0.504 e. The number of carbonyl (C=O) groups excluding carboxylic acids is 2. The number of methoxy groups -OCH3 is 1.